The van der Waals surface area contributed by atoms with E-state index in [4.69, 9.17) is 4.74 Å². The molecule has 0 bridgehead atoms. The minimum atomic E-state index is -0.236. The molecular formula is C13H24O2. The fraction of sp³-hybridized carbons (Fsp3) is 0.769. The minimum absolute atomic E-state index is 0.178. The second kappa shape index (κ2) is 8.51. The highest BCUT2D eigenvalue weighted by Gasteiger charge is 2.11. The standard InChI is InChI=1S/C13H24O2/c1-5-6-7-8-9-10-15-13(14)12(4)11(2)3/h11H,4-10H2,1-3H3. The van der Waals surface area contributed by atoms with E-state index in [2.05, 4.69) is 13.5 Å². The van der Waals surface area contributed by atoms with Gasteiger partial charge in [-0.25, -0.2) is 4.79 Å². The van der Waals surface area contributed by atoms with E-state index < -0.39 is 0 Å². The van der Waals surface area contributed by atoms with E-state index in [1.54, 1.807) is 0 Å². The first-order valence-electron chi connectivity index (χ1n) is 5.95. The van der Waals surface area contributed by atoms with E-state index in [9.17, 15) is 4.79 Å². The molecule has 0 saturated heterocycles. The number of esters is 1. The highest BCUT2D eigenvalue weighted by molar-refractivity contribution is 5.88. The average molecular weight is 212 g/mol. The Bertz CT molecular complexity index is 195. The lowest BCUT2D eigenvalue weighted by atomic mass is 10.1. The molecule has 0 radical (unpaired) electrons. The number of carbonyl (C=O) groups is 1. The molecular weight excluding hydrogens is 188 g/mol. The molecule has 0 atom stereocenters. The van der Waals surface area contributed by atoms with Gasteiger partial charge < -0.3 is 4.74 Å². The fourth-order valence-electron chi connectivity index (χ4n) is 1.20. The lowest BCUT2D eigenvalue weighted by molar-refractivity contribution is -0.139. The van der Waals surface area contributed by atoms with Gasteiger partial charge in [0.25, 0.3) is 0 Å². The zero-order valence-corrected chi connectivity index (χ0v) is 10.3. The molecule has 0 amide bonds. The van der Waals surface area contributed by atoms with Crippen LogP contribution in [0.5, 0.6) is 0 Å². The van der Waals surface area contributed by atoms with Crippen LogP contribution in [0, 0.1) is 5.92 Å². The predicted octanol–water partition coefficient (Wildman–Crippen LogP) is 3.71. The Labute approximate surface area is 93.7 Å². The van der Waals surface area contributed by atoms with Crippen LogP contribution in [0.4, 0.5) is 0 Å². The number of hydrogen-bond donors (Lipinski definition) is 0. The van der Waals surface area contributed by atoms with Gasteiger partial charge in [0.2, 0.25) is 0 Å². The second-order valence-electron chi connectivity index (χ2n) is 4.23. The summed E-state index contributed by atoms with van der Waals surface area (Å²) in [6.45, 7) is 10.3. The molecule has 0 aliphatic rings. The number of hydrogen-bond acceptors (Lipinski definition) is 2. The van der Waals surface area contributed by atoms with E-state index >= 15 is 0 Å². The van der Waals surface area contributed by atoms with Crippen LogP contribution in [-0.4, -0.2) is 12.6 Å². The molecule has 0 heterocycles. The van der Waals surface area contributed by atoms with Gasteiger partial charge >= 0.3 is 5.97 Å². The van der Waals surface area contributed by atoms with Crippen LogP contribution in [0.2, 0.25) is 0 Å². The number of rotatable bonds is 8. The Morgan fingerprint density at radius 3 is 2.33 bits per heavy atom. The van der Waals surface area contributed by atoms with Gasteiger partial charge in [-0.3, -0.25) is 0 Å². The van der Waals surface area contributed by atoms with Crippen LogP contribution in [-0.2, 0) is 9.53 Å². The smallest absolute Gasteiger partial charge is 0.333 e. The molecule has 0 aromatic rings. The van der Waals surface area contributed by atoms with Gasteiger partial charge in [-0.15, -0.1) is 0 Å². The first-order chi connectivity index (χ1) is 7.09. The Morgan fingerprint density at radius 1 is 1.20 bits per heavy atom. The van der Waals surface area contributed by atoms with Crippen LogP contribution in [0.25, 0.3) is 0 Å². The molecule has 0 aliphatic heterocycles. The maximum atomic E-state index is 11.4. The SMILES string of the molecule is C=C(C(=O)OCCCCCCC)C(C)C. The molecule has 0 N–H and O–H groups in total. The lowest BCUT2D eigenvalue weighted by Crippen LogP contribution is -2.12. The summed E-state index contributed by atoms with van der Waals surface area (Å²) < 4.78 is 5.11. The van der Waals surface area contributed by atoms with Crippen molar-refractivity contribution in [2.75, 3.05) is 6.61 Å². The van der Waals surface area contributed by atoms with Gasteiger partial charge in [0.05, 0.1) is 6.61 Å². The van der Waals surface area contributed by atoms with Gasteiger partial charge in [0.1, 0.15) is 0 Å². The zero-order valence-electron chi connectivity index (χ0n) is 10.3. The quantitative estimate of drug-likeness (QED) is 0.348. The summed E-state index contributed by atoms with van der Waals surface area (Å²) in [5.74, 6) is -0.0573. The average Bonchev–Trinajstić information content (AvgIpc) is 2.21. The van der Waals surface area contributed by atoms with Crippen molar-refractivity contribution in [2.24, 2.45) is 5.92 Å². The summed E-state index contributed by atoms with van der Waals surface area (Å²) in [6.07, 6.45) is 5.86. The molecule has 15 heavy (non-hydrogen) atoms. The van der Waals surface area contributed by atoms with E-state index in [1.165, 1.54) is 19.3 Å². The van der Waals surface area contributed by atoms with Crippen LogP contribution < -0.4 is 0 Å². The molecule has 88 valence electrons. The maximum absolute atomic E-state index is 11.4. The van der Waals surface area contributed by atoms with Gasteiger partial charge in [-0.2, -0.15) is 0 Å². The molecule has 2 nitrogen and oxygen atoms in total. The first kappa shape index (κ1) is 14.2. The molecule has 0 aromatic carbocycles. The summed E-state index contributed by atoms with van der Waals surface area (Å²) in [5.41, 5.74) is 0.573. The monoisotopic (exact) mass is 212 g/mol. The summed E-state index contributed by atoms with van der Waals surface area (Å²) in [6, 6.07) is 0. The number of ether oxygens (including phenoxy) is 1. The Balaban J connectivity index is 3.43. The third-order valence-corrected chi connectivity index (χ3v) is 2.44. The Kier molecular flexibility index (Phi) is 8.06. The summed E-state index contributed by atoms with van der Waals surface area (Å²) in [7, 11) is 0. The van der Waals surface area contributed by atoms with E-state index in [0.29, 0.717) is 12.2 Å². The van der Waals surface area contributed by atoms with Gasteiger partial charge in [0.15, 0.2) is 0 Å². The van der Waals surface area contributed by atoms with E-state index in [1.807, 2.05) is 13.8 Å². The normalized spacial score (nSPS) is 10.4. The number of carbonyl (C=O) groups excluding carboxylic acids is 1. The topological polar surface area (TPSA) is 26.3 Å². The molecule has 0 aromatic heterocycles. The van der Waals surface area contributed by atoms with Crippen LogP contribution in [0.3, 0.4) is 0 Å². The largest absolute Gasteiger partial charge is 0.462 e. The highest BCUT2D eigenvalue weighted by atomic mass is 16.5. The second-order valence-corrected chi connectivity index (χ2v) is 4.23. The van der Waals surface area contributed by atoms with E-state index in [0.717, 1.165) is 12.8 Å². The van der Waals surface area contributed by atoms with Crippen molar-refractivity contribution in [3.05, 3.63) is 12.2 Å². The third-order valence-electron chi connectivity index (χ3n) is 2.44. The number of unbranched alkanes of at least 4 members (excludes halogenated alkanes) is 4. The van der Waals surface area contributed by atoms with Gasteiger partial charge in [0, 0.05) is 5.57 Å². The molecule has 0 spiro atoms. The Morgan fingerprint density at radius 2 is 1.80 bits per heavy atom. The van der Waals surface area contributed by atoms with Crippen molar-refractivity contribution in [1.82, 2.24) is 0 Å². The van der Waals surface area contributed by atoms with Gasteiger partial charge in [-0.1, -0.05) is 53.0 Å². The van der Waals surface area contributed by atoms with Crippen molar-refractivity contribution < 1.29 is 9.53 Å². The Hall–Kier alpha value is -0.790. The molecule has 2 heteroatoms. The van der Waals surface area contributed by atoms with Gasteiger partial charge in [-0.05, 0) is 12.3 Å². The fourth-order valence-corrected chi connectivity index (χ4v) is 1.20. The van der Waals surface area contributed by atoms with Crippen molar-refractivity contribution >= 4 is 5.97 Å². The van der Waals surface area contributed by atoms with Crippen molar-refractivity contribution in [2.45, 2.75) is 52.9 Å². The first-order valence-corrected chi connectivity index (χ1v) is 5.95. The van der Waals surface area contributed by atoms with Crippen molar-refractivity contribution in [1.29, 1.82) is 0 Å². The summed E-state index contributed by atoms with van der Waals surface area (Å²) in [5, 5.41) is 0. The third kappa shape index (κ3) is 7.18. The molecule has 0 aliphatic carbocycles. The molecule has 0 fully saturated rings. The molecule has 0 unspecified atom stereocenters. The maximum Gasteiger partial charge on any atom is 0.333 e. The van der Waals surface area contributed by atoms with E-state index in [-0.39, 0.29) is 11.9 Å². The summed E-state index contributed by atoms with van der Waals surface area (Å²) in [4.78, 5) is 11.4. The summed E-state index contributed by atoms with van der Waals surface area (Å²) >= 11 is 0. The van der Waals surface area contributed by atoms with Crippen molar-refractivity contribution in [3.63, 3.8) is 0 Å². The lowest BCUT2D eigenvalue weighted by Gasteiger charge is -2.09. The van der Waals surface area contributed by atoms with Crippen molar-refractivity contribution in [3.8, 4) is 0 Å². The van der Waals surface area contributed by atoms with Crippen LogP contribution >= 0.6 is 0 Å². The molecule has 0 rings (SSSR count). The van der Waals surface area contributed by atoms with Crippen LogP contribution in [0.15, 0.2) is 12.2 Å². The zero-order chi connectivity index (χ0) is 11.7. The van der Waals surface area contributed by atoms with Crippen LogP contribution in [0.1, 0.15) is 52.9 Å². The molecule has 0 saturated carbocycles. The minimum Gasteiger partial charge on any atom is -0.462 e. The predicted molar refractivity (Wildman–Crippen MR) is 63.7 cm³/mol. The highest BCUT2D eigenvalue weighted by Crippen LogP contribution is 2.09.